The maximum Gasteiger partial charge on any atom is 0.204 e. The number of benzene rings is 2. The molecule has 1 aliphatic heterocycles. The lowest BCUT2D eigenvalue weighted by Gasteiger charge is -2.32. The fourth-order valence-electron chi connectivity index (χ4n) is 4.00. The third-order valence-corrected chi connectivity index (χ3v) is 5.21. The Labute approximate surface area is 146 Å². The Bertz CT molecular complexity index is 989. The molecule has 0 fully saturated rings. The molecule has 0 spiro atoms. The summed E-state index contributed by atoms with van der Waals surface area (Å²) in [6.07, 6.45) is 1.05. The molecule has 4 heteroatoms. The van der Waals surface area contributed by atoms with Crippen LogP contribution in [-0.4, -0.2) is 5.78 Å². The minimum Gasteiger partial charge on any atom is -0.444 e. The third kappa shape index (κ3) is 2.40. The van der Waals surface area contributed by atoms with Crippen LogP contribution in [0.2, 0.25) is 0 Å². The molecule has 124 valence electrons. The van der Waals surface area contributed by atoms with E-state index in [1.165, 1.54) is 0 Å². The van der Waals surface area contributed by atoms with Crippen molar-refractivity contribution in [2.75, 3.05) is 0 Å². The number of rotatable bonds is 1. The van der Waals surface area contributed by atoms with Crippen molar-refractivity contribution in [3.8, 4) is 6.07 Å². The molecule has 0 saturated carbocycles. The van der Waals surface area contributed by atoms with Gasteiger partial charge in [0.2, 0.25) is 5.88 Å². The molecular formula is C21H18N2O2. The van der Waals surface area contributed by atoms with Gasteiger partial charge in [-0.25, -0.2) is 0 Å². The maximum absolute atomic E-state index is 12.8. The number of fused-ring (bicyclic) bond motifs is 1. The van der Waals surface area contributed by atoms with Gasteiger partial charge in [-0.05, 0) is 22.3 Å². The number of nitriles is 1. The van der Waals surface area contributed by atoms with Gasteiger partial charge in [-0.15, -0.1) is 0 Å². The molecule has 0 bridgehead atoms. The zero-order chi connectivity index (χ0) is 17.6. The lowest BCUT2D eigenvalue weighted by Crippen LogP contribution is -2.29. The van der Waals surface area contributed by atoms with Crippen molar-refractivity contribution in [1.82, 2.24) is 0 Å². The molecule has 2 atom stereocenters. The van der Waals surface area contributed by atoms with Crippen LogP contribution in [0, 0.1) is 17.2 Å². The summed E-state index contributed by atoms with van der Waals surface area (Å²) in [6.45, 7) is 1.85. The van der Waals surface area contributed by atoms with Crippen LogP contribution in [0.3, 0.4) is 0 Å². The Morgan fingerprint density at radius 1 is 1.16 bits per heavy atom. The van der Waals surface area contributed by atoms with Gasteiger partial charge in [-0.1, -0.05) is 49.4 Å². The van der Waals surface area contributed by atoms with Gasteiger partial charge < -0.3 is 10.5 Å². The summed E-state index contributed by atoms with van der Waals surface area (Å²) in [6, 6.07) is 16.4. The predicted octanol–water partition coefficient (Wildman–Crippen LogP) is 3.90. The van der Waals surface area contributed by atoms with Crippen molar-refractivity contribution in [2.24, 2.45) is 11.7 Å². The first-order valence-corrected chi connectivity index (χ1v) is 8.41. The molecule has 1 heterocycles. The maximum atomic E-state index is 12.8. The van der Waals surface area contributed by atoms with Crippen molar-refractivity contribution < 1.29 is 9.53 Å². The van der Waals surface area contributed by atoms with Gasteiger partial charge >= 0.3 is 0 Å². The molecule has 0 radical (unpaired) electrons. The number of allylic oxidation sites excluding steroid dienone is 3. The van der Waals surface area contributed by atoms with E-state index in [2.05, 4.69) is 30.3 Å². The monoisotopic (exact) mass is 330 g/mol. The molecule has 2 aromatic rings. The van der Waals surface area contributed by atoms with Gasteiger partial charge in [0.1, 0.15) is 11.8 Å². The molecule has 2 aliphatic rings. The lowest BCUT2D eigenvalue weighted by molar-refractivity contribution is -0.117. The minimum atomic E-state index is -0.297. The summed E-state index contributed by atoms with van der Waals surface area (Å²) in [4.78, 5) is 12.8. The second kappa shape index (κ2) is 5.78. The standard InChI is InChI=1S/C21H18N2O2/c1-12-17(11-22)21(23)25-19-10-14(9-18(24)20(12)19)16-8-4-6-13-5-2-3-7-15(13)16/h2-8,12,14H,9-10,23H2,1H3/t12-,14-/m0/s1. The van der Waals surface area contributed by atoms with Gasteiger partial charge in [0, 0.05) is 24.3 Å². The van der Waals surface area contributed by atoms with Crippen molar-refractivity contribution in [2.45, 2.75) is 25.7 Å². The van der Waals surface area contributed by atoms with Crippen LogP contribution in [0.1, 0.15) is 31.2 Å². The Hall–Kier alpha value is -3.06. The molecule has 2 N–H and O–H groups in total. The van der Waals surface area contributed by atoms with Crippen molar-refractivity contribution in [1.29, 1.82) is 5.26 Å². The summed E-state index contributed by atoms with van der Waals surface area (Å²) >= 11 is 0. The molecule has 0 aromatic heterocycles. The summed E-state index contributed by atoms with van der Waals surface area (Å²) < 4.78 is 5.69. The van der Waals surface area contributed by atoms with E-state index in [4.69, 9.17) is 10.5 Å². The van der Waals surface area contributed by atoms with E-state index >= 15 is 0 Å². The van der Waals surface area contributed by atoms with Gasteiger partial charge in [-0.2, -0.15) is 5.26 Å². The van der Waals surface area contributed by atoms with E-state index in [1.54, 1.807) is 0 Å². The summed E-state index contributed by atoms with van der Waals surface area (Å²) in [7, 11) is 0. The molecule has 0 unspecified atom stereocenters. The van der Waals surface area contributed by atoms with Gasteiger partial charge in [0.15, 0.2) is 5.78 Å². The zero-order valence-electron chi connectivity index (χ0n) is 14.0. The Morgan fingerprint density at radius 2 is 1.92 bits per heavy atom. The average Bonchev–Trinajstić information content (AvgIpc) is 2.60. The molecule has 1 aliphatic carbocycles. The highest BCUT2D eigenvalue weighted by atomic mass is 16.5. The molecule has 0 amide bonds. The number of nitrogens with two attached hydrogens (primary N) is 1. The second-order valence-electron chi connectivity index (χ2n) is 6.65. The predicted molar refractivity (Wildman–Crippen MR) is 95.0 cm³/mol. The summed E-state index contributed by atoms with van der Waals surface area (Å²) in [5, 5.41) is 11.6. The van der Waals surface area contributed by atoms with E-state index in [0.29, 0.717) is 29.7 Å². The topological polar surface area (TPSA) is 76.1 Å². The fourth-order valence-corrected chi connectivity index (χ4v) is 4.00. The van der Waals surface area contributed by atoms with E-state index in [1.807, 2.05) is 25.1 Å². The van der Waals surface area contributed by atoms with Crippen molar-refractivity contribution in [3.05, 3.63) is 70.8 Å². The van der Waals surface area contributed by atoms with Crippen LogP contribution >= 0.6 is 0 Å². The fraction of sp³-hybridized carbons (Fsp3) is 0.238. The number of ether oxygens (including phenoxy) is 1. The first-order valence-electron chi connectivity index (χ1n) is 8.41. The SMILES string of the molecule is C[C@H]1C(C#N)=C(N)OC2=C1C(=O)C[C@H](c1cccc3ccccc13)C2. The quantitative estimate of drug-likeness (QED) is 0.860. The van der Waals surface area contributed by atoms with Gasteiger partial charge in [0.05, 0.1) is 5.57 Å². The Kier molecular flexibility index (Phi) is 3.58. The largest absolute Gasteiger partial charge is 0.444 e. The van der Waals surface area contributed by atoms with E-state index in [0.717, 1.165) is 16.3 Å². The molecule has 25 heavy (non-hydrogen) atoms. The zero-order valence-corrected chi connectivity index (χ0v) is 14.0. The molecule has 0 saturated heterocycles. The van der Waals surface area contributed by atoms with Crippen LogP contribution in [0.5, 0.6) is 0 Å². The second-order valence-corrected chi connectivity index (χ2v) is 6.65. The summed E-state index contributed by atoms with van der Waals surface area (Å²) in [5.74, 6) is 0.556. The molecular weight excluding hydrogens is 312 g/mol. The highest BCUT2D eigenvalue weighted by Gasteiger charge is 2.38. The number of nitrogens with zero attached hydrogens (tertiary/aromatic N) is 1. The first kappa shape index (κ1) is 15.5. The number of ketones is 1. The molecule has 4 nitrogen and oxygen atoms in total. The number of hydrogen-bond acceptors (Lipinski definition) is 4. The van der Waals surface area contributed by atoms with E-state index in [9.17, 15) is 10.1 Å². The van der Waals surface area contributed by atoms with Crippen LogP contribution in [0.25, 0.3) is 10.8 Å². The average molecular weight is 330 g/mol. The summed E-state index contributed by atoms with van der Waals surface area (Å²) in [5.41, 5.74) is 8.01. The first-order chi connectivity index (χ1) is 12.1. The van der Waals surface area contributed by atoms with Crippen molar-refractivity contribution >= 4 is 16.6 Å². The van der Waals surface area contributed by atoms with E-state index in [-0.39, 0.29) is 23.5 Å². The Morgan fingerprint density at radius 3 is 2.72 bits per heavy atom. The normalized spacial score (nSPS) is 23.3. The highest BCUT2D eigenvalue weighted by molar-refractivity contribution is 5.99. The molecule has 4 rings (SSSR count). The van der Waals surface area contributed by atoms with Crippen LogP contribution in [0.4, 0.5) is 0 Å². The van der Waals surface area contributed by atoms with Gasteiger partial charge in [-0.3, -0.25) is 4.79 Å². The third-order valence-electron chi connectivity index (χ3n) is 5.21. The van der Waals surface area contributed by atoms with Crippen LogP contribution in [0.15, 0.2) is 65.3 Å². The number of Topliss-reactive ketones (excluding diaryl/α,β-unsaturated/α-hetero) is 1. The molecule has 2 aromatic carbocycles. The number of carbonyl (C=O) groups excluding carboxylic acids is 1. The number of carbonyl (C=O) groups is 1. The van der Waals surface area contributed by atoms with E-state index < -0.39 is 0 Å². The van der Waals surface area contributed by atoms with Crippen molar-refractivity contribution in [3.63, 3.8) is 0 Å². The smallest absolute Gasteiger partial charge is 0.204 e. The van der Waals surface area contributed by atoms with Crippen LogP contribution < -0.4 is 5.73 Å². The highest BCUT2D eigenvalue weighted by Crippen LogP contribution is 2.43. The number of hydrogen-bond donors (Lipinski definition) is 1. The minimum absolute atomic E-state index is 0.0481. The Balaban J connectivity index is 1.76. The van der Waals surface area contributed by atoms with Gasteiger partial charge in [0.25, 0.3) is 0 Å². The lowest BCUT2D eigenvalue weighted by atomic mass is 9.76. The van der Waals surface area contributed by atoms with Crippen LogP contribution in [-0.2, 0) is 9.53 Å².